The molecule has 0 bridgehead atoms. The molecule has 0 amide bonds. The Morgan fingerprint density at radius 3 is 1.94 bits per heavy atom. The maximum atomic E-state index is 12.7. The van der Waals surface area contributed by atoms with Crippen molar-refractivity contribution < 1.29 is 56.2 Å². The fraction of sp³-hybridized carbons (Fsp3) is 0.914. The molecular weight excluding hydrogens is 644 g/mol. The highest BCUT2D eigenvalue weighted by Crippen LogP contribution is 2.26. The lowest BCUT2D eigenvalue weighted by molar-refractivity contribution is -0.301. The van der Waals surface area contributed by atoms with Crippen LogP contribution in [0.4, 0.5) is 0 Å². The van der Waals surface area contributed by atoms with Crippen LogP contribution in [0.25, 0.3) is 0 Å². The van der Waals surface area contributed by atoms with Crippen molar-refractivity contribution >= 4 is 16.4 Å². The summed E-state index contributed by atoms with van der Waals surface area (Å²) in [6.45, 7) is 3.89. The van der Waals surface area contributed by atoms with E-state index in [1.807, 2.05) is 0 Å². The van der Waals surface area contributed by atoms with Crippen molar-refractivity contribution in [3.05, 3.63) is 12.2 Å². The van der Waals surface area contributed by atoms with Gasteiger partial charge in [0, 0.05) is 13.0 Å². The van der Waals surface area contributed by atoms with Crippen molar-refractivity contribution in [3.63, 3.8) is 0 Å². The fourth-order valence-electron chi connectivity index (χ4n) is 5.53. The molecule has 0 aromatic heterocycles. The van der Waals surface area contributed by atoms with Crippen LogP contribution in [0.2, 0.25) is 0 Å². The standard InChI is InChI=1S/C35H66O12S/c1-3-5-7-9-11-13-14-15-17-19-21-23-25-43-27-29(45-31(37)24-22-20-18-16-12-10-8-6-4-2)28-44-35-33(39)34(47-48(40,41)42)32(38)30(26-36)46-35/h9,11,29-30,32-36,38-39H,3-8,10,12-28H2,1-2H3,(H,40,41,42)/b11-9-. The minimum atomic E-state index is -5.05. The van der Waals surface area contributed by atoms with Crippen LogP contribution in [0.15, 0.2) is 12.2 Å². The van der Waals surface area contributed by atoms with Gasteiger partial charge in [-0.1, -0.05) is 116 Å². The zero-order valence-electron chi connectivity index (χ0n) is 29.6. The third-order valence-electron chi connectivity index (χ3n) is 8.39. The number of unbranched alkanes of at least 4 members (excludes halogenated alkanes) is 16. The molecule has 48 heavy (non-hydrogen) atoms. The maximum Gasteiger partial charge on any atom is 0.397 e. The van der Waals surface area contributed by atoms with Crippen molar-refractivity contribution in [1.29, 1.82) is 0 Å². The minimum absolute atomic E-state index is 0.0354. The molecule has 4 N–H and O–H groups in total. The van der Waals surface area contributed by atoms with Gasteiger partial charge in [0.2, 0.25) is 0 Å². The Morgan fingerprint density at radius 1 is 0.771 bits per heavy atom. The number of hydrogen-bond donors (Lipinski definition) is 4. The molecule has 1 heterocycles. The molecule has 1 aliphatic rings. The number of esters is 1. The zero-order chi connectivity index (χ0) is 35.5. The molecule has 1 fully saturated rings. The Kier molecular flexibility index (Phi) is 26.7. The molecule has 13 heteroatoms. The average molecular weight is 711 g/mol. The summed E-state index contributed by atoms with van der Waals surface area (Å²) < 4.78 is 58.6. The van der Waals surface area contributed by atoms with Crippen molar-refractivity contribution in [3.8, 4) is 0 Å². The lowest BCUT2D eigenvalue weighted by Crippen LogP contribution is -2.60. The summed E-state index contributed by atoms with van der Waals surface area (Å²) in [5, 5.41) is 30.4. The molecular formula is C35H66O12S. The van der Waals surface area contributed by atoms with Crippen molar-refractivity contribution in [1.82, 2.24) is 0 Å². The zero-order valence-corrected chi connectivity index (χ0v) is 30.4. The predicted octanol–water partition coefficient (Wildman–Crippen LogP) is 5.96. The Morgan fingerprint density at radius 2 is 1.33 bits per heavy atom. The maximum absolute atomic E-state index is 12.7. The van der Waals surface area contributed by atoms with E-state index < -0.39 is 59.8 Å². The van der Waals surface area contributed by atoms with E-state index in [1.54, 1.807) is 0 Å². The van der Waals surface area contributed by atoms with E-state index in [9.17, 15) is 28.5 Å². The molecule has 1 saturated heterocycles. The quantitative estimate of drug-likeness (QED) is 0.0288. The summed E-state index contributed by atoms with van der Waals surface area (Å²) in [6.07, 6.45) is 17.0. The monoisotopic (exact) mass is 710 g/mol. The Hall–Kier alpha value is -1.16. The van der Waals surface area contributed by atoms with E-state index >= 15 is 0 Å². The number of carbonyl (C=O) groups is 1. The lowest BCUT2D eigenvalue weighted by atomic mass is 9.99. The molecule has 0 aromatic rings. The van der Waals surface area contributed by atoms with E-state index in [-0.39, 0.29) is 19.6 Å². The highest BCUT2D eigenvalue weighted by atomic mass is 32.3. The second kappa shape index (κ2) is 28.5. The van der Waals surface area contributed by atoms with Crippen LogP contribution in [0, 0.1) is 0 Å². The summed E-state index contributed by atoms with van der Waals surface area (Å²) in [6, 6.07) is 0. The number of carbonyl (C=O) groups excluding carboxylic acids is 1. The lowest BCUT2D eigenvalue weighted by Gasteiger charge is -2.41. The number of hydrogen-bond acceptors (Lipinski definition) is 11. The third kappa shape index (κ3) is 22.5. The van der Waals surface area contributed by atoms with Gasteiger partial charge in [-0.15, -0.1) is 0 Å². The van der Waals surface area contributed by atoms with E-state index in [2.05, 4.69) is 30.2 Å². The van der Waals surface area contributed by atoms with Gasteiger partial charge in [-0.25, -0.2) is 4.18 Å². The first kappa shape index (κ1) is 44.9. The molecule has 0 aliphatic carbocycles. The van der Waals surface area contributed by atoms with Crippen molar-refractivity contribution in [2.75, 3.05) is 26.4 Å². The van der Waals surface area contributed by atoms with Crippen LogP contribution in [0.5, 0.6) is 0 Å². The first-order valence-corrected chi connectivity index (χ1v) is 19.8. The number of ether oxygens (including phenoxy) is 4. The highest BCUT2D eigenvalue weighted by molar-refractivity contribution is 7.80. The Bertz CT molecular complexity index is 915. The third-order valence-corrected chi connectivity index (χ3v) is 8.85. The van der Waals surface area contributed by atoms with E-state index in [1.165, 1.54) is 70.6 Å². The van der Waals surface area contributed by atoms with Crippen molar-refractivity contribution in [2.45, 2.75) is 179 Å². The van der Waals surface area contributed by atoms with E-state index in [0.717, 1.165) is 44.9 Å². The van der Waals surface area contributed by atoms with Crippen LogP contribution in [0.1, 0.15) is 142 Å². The van der Waals surface area contributed by atoms with Gasteiger partial charge < -0.3 is 34.3 Å². The van der Waals surface area contributed by atoms with Gasteiger partial charge in [-0.05, 0) is 32.1 Å². The molecule has 0 saturated carbocycles. The number of aliphatic hydroxyl groups excluding tert-OH is 3. The second-order valence-corrected chi connectivity index (χ2v) is 13.9. The number of rotatable bonds is 31. The van der Waals surface area contributed by atoms with Gasteiger partial charge in [0.1, 0.15) is 30.5 Å². The fourth-order valence-corrected chi connectivity index (χ4v) is 6.04. The number of allylic oxidation sites excluding steroid dienone is 2. The summed E-state index contributed by atoms with van der Waals surface area (Å²) >= 11 is 0. The average Bonchev–Trinajstić information content (AvgIpc) is 3.05. The molecule has 6 atom stereocenters. The van der Waals surface area contributed by atoms with Crippen LogP contribution < -0.4 is 0 Å². The van der Waals surface area contributed by atoms with Gasteiger partial charge in [-0.2, -0.15) is 8.42 Å². The van der Waals surface area contributed by atoms with Crippen LogP contribution in [-0.4, -0.2) is 97.5 Å². The van der Waals surface area contributed by atoms with Gasteiger partial charge in [0.05, 0.1) is 19.8 Å². The Labute approximate surface area is 289 Å². The highest BCUT2D eigenvalue weighted by Gasteiger charge is 2.48. The first-order chi connectivity index (χ1) is 23.1. The topological polar surface area (TPSA) is 178 Å². The van der Waals surface area contributed by atoms with E-state index in [0.29, 0.717) is 13.0 Å². The summed E-state index contributed by atoms with van der Waals surface area (Å²) in [4.78, 5) is 12.7. The Balaban J connectivity index is 2.53. The van der Waals surface area contributed by atoms with Gasteiger partial charge >= 0.3 is 16.4 Å². The molecule has 6 unspecified atom stereocenters. The van der Waals surface area contributed by atoms with Gasteiger partial charge in [0.25, 0.3) is 0 Å². The molecule has 0 radical (unpaired) electrons. The van der Waals surface area contributed by atoms with Crippen LogP contribution >= 0.6 is 0 Å². The van der Waals surface area contributed by atoms with Gasteiger partial charge in [-0.3, -0.25) is 9.35 Å². The molecule has 0 spiro atoms. The van der Waals surface area contributed by atoms with Gasteiger partial charge in [0.15, 0.2) is 6.29 Å². The predicted molar refractivity (Wildman–Crippen MR) is 184 cm³/mol. The second-order valence-electron chi connectivity index (χ2n) is 12.8. The minimum Gasteiger partial charge on any atom is -0.457 e. The summed E-state index contributed by atoms with van der Waals surface area (Å²) in [7, 11) is -5.05. The molecule has 1 rings (SSSR count). The molecule has 0 aromatic carbocycles. The molecule has 284 valence electrons. The smallest absolute Gasteiger partial charge is 0.397 e. The largest absolute Gasteiger partial charge is 0.457 e. The first-order valence-electron chi connectivity index (χ1n) is 18.4. The molecule has 1 aliphatic heterocycles. The summed E-state index contributed by atoms with van der Waals surface area (Å²) in [5.41, 5.74) is 0. The van der Waals surface area contributed by atoms with Crippen LogP contribution in [0.3, 0.4) is 0 Å². The molecule has 12 nitrogen and oxygen atoms in total. The normalized spacial score (nSPS) is 22.3. The van der Waals surface area contributed by atoms with Crippen LogP contribution in [-0.2, 0) is 38.3 Å². The SMILES string of the molecule is CCCC/C=C\CCCCCCCCOCC(COC1OC(CO)C(O)C(OS(=O)(=O)O)C1O)OC(=O)CCCCCCCCCCC. The summed E-state index contributed by atoms with van der Waals surface area (Å²) in [5.74, 6) is -0.406. The van der Waals surface area contributed by atoms with E-state index in [4.69, 9.17) is 23.5 Å². The number of aliphatic hydroxyl groups is 3. The van der Waals surface area contributed by atoms with Crippen molar-refractivity contribution in [2.24, 2.45) is 0 Å².